The van der Waals surface area contributed by atoms with Crippen molar-refractivity contribution >= 4 is 34.3 Å². The standard InChI is InChI=1S/C20H24N2O5S2/c1-29-20(28)26-12-16-17(13-25-10-14-5-3-2-4-6-14)27-22-18(16)19(23)21-9-15-7-8-24-11-15/h2-6,15H,7-13H2,1H3,(H,21,23). The SMILES string of the molecule is CSC(=S)OCc1c(C(=O)NCC2CCOC2)noc1COCc1ccccc1. The van der Waals surface area contributed by atoms with Gasteiger partial charge in [0.05, 0.1) is 18.8 Å². The number of nitrogens with zero attached hydrogens (tertiary/aromatic N) is 1. The van der Waals surface area contributed by atoms with Crippen LogP contribution in [-0.4, -0.2) is 41.5 Å². The van der Waals surface area contributed by atoms with Crippen LogP contribution in [0.15, 0.2) is 34.9 Å². The second-order valence-corrected chi connectivity index (χ2v) is 8.00. The number of benzene rings is 1. The summed E-state index contributed by atoms with van der Waals surface area (Å²) in [5, 5.41) is 6.86. The molecule has 1 aliphatic rings. The summed E-state index contributed by atoms with van der Waals surface area (Å²) in [6, 6.07) is 9.81. The molecule has 1 aliphatic heterocycles. The van der Waals surface area contributed by atoms with Crippen LogP contribution in [0, 0.1) is 5.92 Å². The van der Waals surface area contributed by atoms with E-state index in [4.69, 9.17) is 31.0 Å². The zero-order valence-electron chi connectivity index (χ0n) is 16.2. The molecule has 1 N–H and O–H groups in total. The highest BCUT2D eigenvalue weighted by atomic mass is 32.2. The van der Waals surface area contributed by atoms with E-state index in [2.05, 4.69) is 10.5 Å². The van der Waals surface area contributed by atoms with E-state index < -0.39 is 0 Å². The van der Waals surface area contributed by atoms with Gasteiger partial charge >= 0.3 is 0 Å². The number of amides is 1. The van der Waals surface area contributed by atoms with E-state index in [1.807, 2.05) is 36.6 Å². The van der Waals surface area contributed by atoms with Crippen LogP contribution in [0.1, 0.15) is 33.8 Å². The van der Waals surface area contributed by atoms with Crippen LogP contribution < -0.4 is 5.32 Å². The fraction of sp³-hybridized carbons (Fsp3) is 0.450. The number of thiocarbonyl (C=S) groups is 1. The third-order valence-corrected chi connectivity index (χ3v) is 5.57. The maximum Gasteiger partial charge on any atom is 0.273 e. The van der Waals surface area contributed by atoms with Crippen molar-refractivity contribution in [3.63, 3.8) is 0 Å². The fourth-order valence-electron chi connectivity index (χ4n) is 2.87. The van der Waals surface area contributed by atoms with Crippen LogP contribution in [0.25, 0.3) is 0 Å². The van der Waals surface area contributed by atoms with Crippen LogP contribution in [0.2, 0.25) is 0 Å². The number of ether oxygens (including phenoxy) is 3. The highest BCUT2D eigenvalue weighted by molar-refractivity contribution is 8.22. The van der Waals surface area contributed by atoms with Gasteiger partial charge in [-0.3, -0.25) is 4.79 Å². The fourth-order valence-corrected chi connectivity index (χ4v) is 3.11. The highest BCUT2D eigenvalue weighted by Gasteiger charge is 2.24. The minimum absolute atomic E-state index is 0.0997. The number of nitrogens with one attached hydrogen (secondary N) is 1. The van der Waals surface area contributed by atoms with Crippen molar-refractivity contribution in [2.24, 2.45) is 5.92 Å². The molecule has 7 nitrogen and oxygen atoms in total. The zero-order chi connectivity index (χ0) is 20.5. The van der Waals surface area contributed by atoms with E-state index in [1.165, 1.54) is 11.8 Å². The minimum atomic E-state index is -0.302. The summed E-state index contributed by atoms with van der Waals surface area (Å²) in [5.41, 5.74) is 1.80. The van der Waals surface area contributed by atoms with E-state index in [1.54, 1.807) is 0 Å². The lowest BCUT2D eigenvalue weighted by atomic mass is 10.1. The van der Waals surface area contributed by atoms with Crippen molar-refractivity contribution in [3.05, 3.63) is 52.9 Å². The molecule has 1 unspecified atom stereocenters. The molecule has 0 radical (unpaired) electrons. The average Bonchev–Trinajstić information content (AvgIpc) is 3.41. The van der Waals surface area contributed by atoms with E-state index in [-0.39, 0.29) is 24.8 Å². The van der Waals surface area contributed by atoms with Crippen LogP contribution >= 0.6 is 24.0 Å². The molecule has 1 aromatic carbocycles. The Balaban J connectivity index is 1.64. The molecular formula is C20H24N2O5S2. The zero-order valence-corrected chi connectivity index (χ0v) is 17.9. The summed E-state index contributed by atoms with van der Waals surface area (Å²) in [6.45, 7) is 2.64. The monoisotopic (exact) mass is 436 g/mol. The Kier molecular flexibility index (Phi) is 8.48. The Morgan fingerprint density at radius 2 is 2.14 bits per heavy atom. The van der Waals surface area contributed by atoms with Crippen molar-refractivity contribution in [1.82, 2.24) is 10.5 Å². The molecule has 0 bridgehead atoms. The predicted molar refractivity (Wildman–Crippen MR) is 114 cm³/mol. The van der Waals surface area contributed by atoms with Crippen molar-refractivity contribution in [1.29, 1.82) is 0 Å². The predicted octanol–water partition coefficient (Wildman–Crippen LogP) is 3.32. The highest BCUT2D eigenvalue weighted by Crippen LogP contribution is 2.19. The van der Waals surface area contributed by atoms with Gasteiger partial charge in [0.25, 0.3) is 5.91 Å². The normalized spacial score (nSPS) is 16.0. The third kappa shape index (κ3) is 6.53. The second-order valence-electron chi connectivity index (χ2n) is 6.59. The Morgan fingerprint density at radius 3 is 2.86 bits per heavy atom. The van der Waals surface area contributed by atoms with Gasteiger partial charge in [-0.15, -0.1) is 0 Å². The first-order valence-corrected chi connectivity index (χ1v) is 11.0. The maximum atomic E-state index is 12.6. The quantitative estimate of drug-likeness (QED) is 0.600. The van der Waals surface area contributed by atoms with Crippen molar-refractivity contribution in [2.45, 2.75) is 26.2 Å². The number of rotatable bonds is 9. The summed E-state index contributed by atoms with van der Waals surface area (Å²) >= 11 is 6.42. The first-order chi connectivity index (χ1) is 14.2. The molecule has 0 aliphatic carbocycles. The molecule has 1 amide bonds. The number of aromatic nitrogens is 1. The Morgan fingerprint density at radius 1 is 1.31 bits per heavy atom. The van der Waals surface area contributed by atoms with Gasteiger partial charge in [0, 0.05) is 19.1 Å². The van der Waals surface area contributed by atoms with E-state index in [0.29, 0.717) is 41.4 Å². The lowest BCUT2D eigenvalue weighted by molar-refractivity contribution is 0.0864. The van der Waals surface area contributed by atoms with Crippen LogP contribution in [-0.2, 0) is 34.0 Å². The first-order valence-electron chi connectivity index (χ1n) is 9.33. The number of carbonyl (C=O) groups is 1. The van der Waals surface area contributed by atoms with Crippen LogP contribution in [0.5, 0.6) is 0 Å². The number of hydrogen-bond acceptors (Lipinski definition) is 8. The summed E-state index contributed by atoms with van der Waals surface area (Å²) in [5.74, 6) is 0.478. The van der Waals surface area contributed by atoms with Crippen molar-refractivity contribution in [2.75, 3.05) is 26.0 Å². The van der Waals surface area contributed by atoms with E-state index in [9.17, 15) is 4.79 Å². The number of thioether (sulfide) groups is 1. The molecule has 2 aromatic rings. The van der Waals surface area contributed by atoms with Gasteiger partial charge in [-0.05, 0) is 30.5 Å². The molecule has 1 fully saturated rings. The number of hydrogen-bond donors (Lipinski definition) is 1. The molecule has 156 valence electrons. The molecule has 2 heterocycles. The molecule has 3 rings (SSSR count). The molecule has 1 atom stereocenters. The van der Waals surface area contributed by atoms with Gasteiger partial charge in [0.15, 0.2) is 11.5 Å². The molecule has 1 saturated heterocycles. The van der Waals surface area contributed by atoms with Crippen molar-refractivity contribution < 1.29 is 23.5 Å². The molecule has 0 saturated carbocycles. The molecular weight excluding hydrogens is 412 g/mol. The van der Waals surface area contributed by atoms with Gasteiger partial charge in [0.2, 0.25) is 4.38 Å². The largest absolute Gasteiger partial charge is 0.473 e. The minimum Gasteiger partial charge on any atom is -0.473 e. The van der Waals surface area contributed by atoms with E-state index >= 15 is 0 Å². The Bertz CT molecular complexity index is 806. The lowest BCUT2D eigenvalue weighted by Crippen LogP contribution is -2.30. The number of carbonyl (C=O) groups excluding carboxylic acids is 1. The Hall–Kier alpha value is -1.94. The van der Waals surface area contributed by atoms with Gasteiger partial charge < -0.3 is 24.1 Å². The Labute approximate surface area is 179 Å². The van der Waals surface area contributed by atoms with Gasteiger partial charge in [0.1, 0.15) is 13.2 Å². The lowest BCUT2D eigenvalue weighted by Gasteiger charge is -2.10. The smallest absolute Gasteiger partial charge is 0.273 e. The first kappa shape index (κ1) is 21.8. The third-order valence-electron chi connectivity index (χ3n) is 4.51. The molecule has 29 heavy (non-hydrogen) atoms. The van der Waals surface area contributed by atoms with E-state index in [0.717, 1.165) is 18.6 Å². The van der Waals surface area contributed by atoms with Gasteiger partial charge in [-0.1, -0.05) is 47.3 Å². The van der Waals surface area contributed by atoms with Crippen molar-refractivity contribution in [3.8, 4) is 0 Å². The average molecular weight is 437 g/mol. The summed E-state index contributed by atoms with van der Waals surface area (Å²) in [6.07, 6.45) is 2.77. The van der Waals surface area contributed by atoms with Crippen LogP contribution in [0.3, 0.4) is 0 Å². The van der Waals surface area contributed by atoms with Crippen LogP contribution in [0.4, 0.5) is 0 Å². The molecule has 9 heteroatoms. The molecule has 0 spiro atoms. The summed E-state index contributed by atoms with van der Waals surface area (Å²) in [4.78, 5) is 12.6. The second kappa shape index (κ2) is 11.3. The van der Waals surface area contributed by atoms with Gasteiger partial charge in [-0.2, -0.15) is 0 Å². The maximum absolute atomic E-state index is 12.6. The topological polar surface area (TPSA) is 82.8 Å². The summed E-state index contributed by atoms with van der Waals surface area (Å²) in [7, 11) is 0. The summed E-state index contributed by atoms with van der Waals surface area (Å²) < 4.78 is 22.4. The molecule has 1 aromatic heterocycles. The van der Waals surface area contributed by atoms with Gasteiger partial charge in [-0.25, -0.2) is 0 Å².